The maximum absolute atomic E-state index is 12.2. The molecule has 1 rings (SSSR count). The molecule has 98 valence electrons. The second-order valence-electron chi connectivity index (χ2n) is 4.40. The van der Waals surface area contributed by atoms with Gasteiger partial charge in [-0.25, -0.2) is 0 Å². The van der Waals surface area contributed by atoms with Crippen LogP contribution in [0.25, 0.3) is 0 Å². The number of ether oxygens (including phenoxy) is 1. The third-order valence-electron chi connectivity index (χ3n) is 3.09. The van der Waals surface area contributed by atoms with Gasteiger partial charge in [-0.05, 0) is 38.0 Å². The predicted molar refractivity (Wildman–Crippen MR) is 70.0 cm³/mol. The summed E-state index contributed by atoms with van der Waals surface area (Å²) < 4.78 is 5.10. The first kappa shape index (κ1) is 14.7. The van der Waals surface area contributed by atoms with Crippen LogP contribution in [0, 0.1) is 22.7 Å². The molecule has 0 heterocycles. The summed E-state index contributed by atoms with van der Waals surface area (Å²) in [5.74, 6) is -0.361. The number of hydrogen-bond acceptors (Lipinski definition) is 4. The third-order valence-corrected chi connectivity index (χ3v) is 3.09. The zero-order valence-electron chi connectivity index (χ0n) is 11.1. The average Bonchev–Trinajstić information content (AvgIpc) is 2.45. The van der Waals surface area contributed by atoms with Crippen molar-refractivity contribution in [3.05, 3.63) is 35.4 Å². The van der Waals surface area contributed by atoms with E-state index >= 15 is 0 Å². The Morgan fingerprint density at radius 3 is 2.74 bits per heavy atom. The summed E-state index contributed by atoms with van der Waals surface area (Å²) in [7, 11) is 0. The van der Waals surface area contributed by atoms with Gasteiger partial charge in [0.1, 0.15) is 0 Å². The average molecular weight is 256 g/mol. The number of benzene rings is 1. The summed E-state index contributed by atoms with van der Waals surface area (Å²) in [6.45, 7) is 3.78. The molecule has 0 aliphatic carbocycles. The first-order valence-corrected chi connectivity index (χ1v) is 6.13. The van der Waals surface area contributed by atoms with Gasteiger partial charge in [-0.2, -0.15) is 10.5 Å². The fourth-order valence-corrected chi connectivity index (χ4v) is 1.89. The largest absolute Gasteiger partial charge is 0.465 e. The van der Waals surface area contributed by atoms with Gasteiger partial charge in [0.2, 0.25) is 0 Å². The number of nitrogens with zero attached hydrogens (tertiary/aromatic N) is 2. The van der Waals surface area contributed by atoms with Crippen molar-refractivity contribution in [2.45, 2.75) is 32.1 Å². The van der Waals surface area contributed by atoms with E-state index in [1.165, 1.54) is 0 Å². The van der Waals surface area contributed by atoms with E-state index in [0.29, 0.717) is 24.2 Å². The second kappa shape index (κ2) is 6.56. The number of esters is 1. The van der Waals surface area contributed by atoms with Crippen LogP contribution in [0.3, 0.4) is 0 Å². The van der Waals surface area contributed by atoms with E-state index in [-0.39, 0.29) is 12.4 Å². The van der Waals surface area contributed by atoms with Crippen molar-refractivity contribution in [1.82, 2.24) is 0 Å². The summed E-state index contributed by atoms with van der Waals surface area (Å²) in [4.78, 5) is 12.2. The number of carbonyl (C=O) groups is 1. The van der Waals surface area contributed by atoms with Crippen LogP contribution in [0.2, 0.25) is 0 Å². The quantitative estimate of drug-likeness (QED) is 0.759. The molecule has 0 spiro atoms. The molecule has 0 aliphatic rings. The van der Waals surface area contributed by atoms with Gasteiger partial charge in [0.25, 0.3) is 0 Å². The van der Waals surface area contributed by atoms with Gasteiger partial charge in [0.05, 0.1) is 29.7 Å². The van der Waals surface area contributed by atoms with Crippen LogP contribution in [-0.2, 0) is 14.9 Å². The lowest BCUT2D eigenvalue weighted by Crippen LogP contribution is -2.34. The molecule has 1 aromatic carbocycles. The Labute approximate surface area is 113 Å². The molecular formula is C15H16N2O2. The van der Waals surface area contributed by atoms with Crippen LogP contribution in [0.1, 0.15) is 37.8 Å². The minimum Gasteiger partial charge on any atom is -0.465 e. The Kier molecular flexibility index (Phi) is 5.09. The molecular weight excluding hydrogens is 240 g/mol. The van der Waals surface area contributed by atoms with Crippen molar-refractivity contribution in [3.8, 4) is 12.1 Å². The summed E-state index contributed by atoms with van der Waals surface area (Å²) in [6.07, 6.45) is 0.628. The standard InChI is InChI=1S/C15H16N2O2/c1-3-19-14(18)15(2,8-5-9-16)13-7-4-6-12(10-13)11-17/h4,6-7,10H,3,5,8H2,1-2H3. The molecule has 1 unspecified atom stereocenters. The van der Waals surface area contributed by atoms with Gasteiger partial charge >= 0.3 is 5.97 Å². The van der Waals surface area contributed by atoms with Crippen LogP contribution in [0.5, 0.6) is 0 Å². The SMILES string of the molecule is CCOC(=O)C(C)(CCC#N)c1cccc(C#N)c1. The Balaban J connectivity index is 3.19. The predicted octanol–water partition coefficient (Wildman–Crippen LogP) is 2.68. The Bertz CT molecular complexity index is 540. The van der Waals surface area contributed by atoms with Gasteiger partial charge in [-0.1, -0.05) is 12.1 Å². The Morgan fingerprint density at radius 2 is 2.16 bits per heavy atom. The van der Waals surface area contributed by atoms with Crippen molar-refractivity contribution in [2.24, 2.45) is 0 Å². The van der Waals surface area contributed by atoms with Crippen LogP contribution >= 0.6 is 0 Å². The highest BCUT2D eigenvalue weighted by atomic mass is 16.5. The Hall–Kier alpha value is -2.33. The molecule has 0 radical (unpaired) electrons. The van der Waals surface area contributed by atoms with Gasteiger partial charge in [-0.15, -0.1) is 0 Å². The van der Waals surface area contributed by atoms with Crippen molar-refractivity contribution in [3.63, 3.8) is 0 Å². The van der Waals surface area contributed by atoms with Gasteiger partial charge < -0.3 is 4.74 Å². The first-order chi connectivity index (χ1) is 9.08. The number of hydrogen-bond donors (Lipinski definition) is 0. The fraction of sp³-hybridized carbons (Fsp3) is 0.400. The highest BCUT2D eigenvalue weighted by molar-refractivity contribution is 5.82. The molecule has 0 aliphatic heterocycles. The molecule has 0 saturated carbocycles. The van der Waals surface area contributed by atoms with Crippen LogP contribution in [0.15, 0.2) is 24.3 Å². The summed E-state index contributed by atoms with van der Waals surface area (Å²) in [6, 6.07) is 11.0. The number of rotatable bonds is 5. The van der Waals surface area contributed by atoms with Crippen molar-refractivity contribution in [2.75, 3.05) is 6.61 Å². The zero-order valence-corrected chi connectivity index (χ0v) is 11.1. The lowest BCUT2D eigenvalue weighted by atomic mass is 9.78. The van der Waals surface area contributed by atoms with Crippen LogP contribution in [-0.4, -0.2) is 12.6 Å². The lowest BCUT2D eigenvalue weighted by molar-refractivity contribution is -0.149. The highest BCUT2D eigenvalue weighted by Gasteiger charge is 2.36. The smallest absolute Gasteiger partial charge is 0.316 e. The van der Waals surface area contributed by atoms with E-state index in [2.05, 4.69) is 0 Å². The van der Waals surface area contributed by atoms with Crippen molar-refractivity contribution < 1.29 is 9.53 Å². The summed E-state index contributed by atoms with van der Waals surface area (Å²) in [5.41, 5.74) is 0.309. The molecule has 4 heteroatoms. The van der Waals surface area contributed by atoms with Crippen molar-refractivity contribution >= 4 is 5.97 Å². The number of carbonyl (C=O) groups excluding carboxylic acids is 1. The van der Waals surface area contributed by atoms with E-state index in [1.54, 1.807) is 38.1 Å². The number of nitriles is 2. The summed E-state index contributed by atoms with van der Waals surface area (Å²) >= 11 is 0. The van der Waals surface area contributed by atoms with Crippen LogP contribution in [0.4, 0.5) is 0 Å². The summed E-state index contributed by atoms with van der Waals surface area (Å²) in [5, 5.41) is 17.7. The van der Waals surface area contributed by atoms with E-state index in [9.17, 15) is 4.79 Å². The minimum atomic E-state index is -0.890. The molecule has 4 nitrogen and oxygen atoms in total. The van der Waals surface area contributed by atoms with Gasteiger partial charge in [0.15, 0.2) is 0 Å². The topological polar surface area (TPSA) is 73.9 Å². The zero-order chi connectivity index (χ0) is 14.3. The molecule has 0 saturated heterocycles. The molecule has 0 amide bonds. The fourth-order valence-electron chi connectivity index (χ4n) is 1.89. The first-order valence-electron chi connectivity index (χ1n) is 6.13. The maximum atomic E-state index is 12.2. The van der Waals surface area contributed by atoms with E-state index in [0.717, 1.165) is 0 Å². The molecule has 0 fully saturated rings. The van der Waals surface area contributed by atoms with Gasteiger partial charge in [-0.3, -0.25) is 4.79 Å². The third kappa shape index (κ3) is 3.33. The highest BCUT2D eigenvalue weighted by Crippen LogP contribution is 2.31. The molecule has 0 N–H and O–H groups in total. The molecule has 0 aromatic heterocycles. The Morgan fingerprint density at radius 1 is 1.42 bits per heavy atom. The maximum Gasteiger partial charge on any atom is 0.316 e. The monoisotopic (exact) mass is 256 g/mol. The van der Waals surface area contributed by atoms with Gasteiger partial charge in [0, 0.05) is 6.42 Å². The molecule has 19 heavy (non-hydrogen) atoms. The van der Waals surface area contributed by atoms with E-state index in [4.69, 9.17) is 15.3 Å². The molecule has 1 aromatic rings. The second-order valence-corrected chi connectivity index (χ2v) is 4.40. The molecule has 0 bridgehead atoms. The lowest BCUT2D eigenvalue weighted by Gasteiger charge is -2.27. The molecule has 1 atom stereocenters. The normalized spacial score (nSPS) is 12.8. The van der Waals surface area contributed by atoms with E-state index < -0.39 is 5.41 Å². The van der Waals surface area contributed by atoms with E-state index in [1.807, 2.05) is 12.1 Å². The van der Waals surface area contributed by atoms with Crippen LogP contribution < -0.4 is 0 Å². The van der Waals surface area contributed by atoms with Crippen molar-refractivity contribution in [1.29, 1.82) is 10.5 Å². The minimum absolute atomic E-state index is 0.256.